The highest BCUT2D eigenvalue weighted by atomic mass is 16.3. The molecule has 0 radical (unpaired) electrons. The molecule has 4 rings (SSSR count). The number of rotatable bonds is 6. The van der Waals surface area contributed by atoms with Gasteiger partial charge in [-0.3, -0.25) is 0 Å². The lowest BCUT2D eigenvalue weighted by Gasteiger charge is -2.22. The van der Waals surface area contributed by atoms with Crippen LogP contribution in [0.2, 0.25) is 0 Å². The number of nitrogens with one attached hydrogen (secondary N) is 1. The number of aryl methyl sites for hydroxylation is 1. The van der Waals surface area contributed by atoms with Crippen molar-refractivity contribution in [3.05, 3.63) is 47.5 Å². The largest absolute Gasteiger partial charge is 0.508 e. The second kappa shape index (κ2) is 8.98. The van der Waals surface area contributed by atoms with Gasteiger partial charge < -0.3 is 20.6 Å². The molecule has 0 atom stereocenters. The number of hydrogen-bond acceptors (Lipinski definition) is 6. The molecular formula is C24H30N4O3. The minimum Gasteiger partial charge on any atom is -0.508 e. The minimum atomic E-state index is -0.254. The first kappa shape index (κ1) is 21.2. The van der Waals surface area contributed by atoms with Gasteiger partial charge in [-0.15, -0.1) is 5.10 Å². The summed E-state index contributed by atoms with van der Waals surface area (Å²) in [5.74, 6) is 1.07. The van der Waals surface area contributed by atoms with Crippen LogP contribution in [-0.2, 0) is 6.42 Å². The highest BCUT2D eigenvalue weighted by Crippen LogP contribution is 2.38. The topological polar surface area (TPSA) is 103 Å². The van der Waals surface area contributed by atoms with Crippen molar-refractivity contribution in [2.45, 2.75) is 45.4 Å². The number of phenols is 2. The molecule has 1 fully saturated rings. The highest BCUT2D eigenvalue weighted by molar-refractivity contribution is 5.69. The molecule has 1 saturated heterocycles. The fourth-order valence-electron chi connectivity index (χ4n) is 4.28. The van der Waals surface area contributed by atoms with Crippen molar-refractivity contribution in [2.24, 2.45) is 5.92 Å². The lowest BCUT2D eigenvalue weighted by molar-refractivity contribution is 0.354. The lowest BCUT2D eigenvalue weighted by Crippen LogP contribution is -2.27. The van der Waals surface area contributed by atoms with Crippen LogP contribution < -0.4 is 5.32 Å². The summed E-state index contributed by atoms with van der Waals surface area (Å²) in [4.78, 5) is 0. The van der Waals surface area contributed by atoms with E-state index in [-0.39, 0.29) is 23.4 Å². The lowest BCUT2D eigenvalue weighted by atomic mass is 9.91. The van der Waals surface area contributed by atoms with Crippen LogP contribution >= 0.6 is 0 Å². The van der Waals surface area contributed by atoms with Crippen molar-refractivity contribution in [3.8, 4) is 34.6 Å². The Morgan fingerprint density at radius 2 is 1.71 bits per heavy atom. The highest BCUT2D eigenvalue weighted by Gasteiger charge is 2.21. The van der Waals surface area contributed by atoms with E-state index >= 15 is 0 Å². The van der Waals surface area contributed by atoms with E-state index in [1.807, 2.05) is 26.0 Å². The molecule has 0 aliphatic carbocycles. The quantitative estimate of drug-likeness (QED) is 0.477. The number of aromatic hydroxyl groups is 3. The monoisotopic (exact) mass is 422 g/mol. The summed E-state index contributed by atoms with van der Waals surface area (Å²) in [6.45, 7) is 6.14. The van der Waals surface area contributed by atoms with E-state index in [4.69, 9.17) is 0 Å². The smallest absolute Gasteiger partial charge is 0.319 e. The predicted molar refractivity (Wildman–Crippen MR) is 120 cm³/mol. The fourth-order valence-corrected chi connectivity index (χ4v) is 4.28. The Labute approximate surface area is 182 Å². The van der Waals surface area contributed by atoms with Gasteiger partial charge in [-0.05, 0) is 79.9 Å². The third-order valence-corrected chi connectivity index (χ3v) is 6.15. The Morgan fingerprint density at radius 3 is 2.39 bits per heavy atom. The number of benzene rings is 2. The molecule has 31 heavy (non-hydrogen) atoms. The normalized spacial score (nSPS) is 14.9. The molecule has 0 amide bonds. The fraction of sp³-hybridized carbons (Fsp3) is 0.417. The van der Waals surface area contributed by atoms with Gasteiger partial charge in [0.2, 0.25) is 0 Å². The first-order valence-corrected chi connectivity index (χ1v) is 10.9. The maximum atomic E-state index is 10.4. The van der Waals surface area contributed by atoms with Crippen LogP contribution in [0.3, 0.4) is 0 Å². The summed E-state index contributed by atoms with van der Waals surface area (Å²) >= 11 is 0. The van der Waals surface area contributed by atoms with Crippen LogP contribution in [0.4, 0.5) is 0 Å². The van der Waals surface area contributed by atoms with Crippen molar-refractivity contribution in [1.82, 2.24) is 20.1 Å². The number of nitrogens with zero attached hydrogens (tertiary/aromatic N) is 3. The molecule has 3 aromatic rings. The van der Waals surface area contributed by atoms with Crippen LogP contribution in [0.5, 0.6) is 17.5 Å². The second-order valence-electron chi connectivity index (χ2n) is 8.64. The van der Waals surface area contributed by atoms with Crippen LogP contribution in [0, 0.1) is 5.92 Å². The number of piperidine rings is 1. The molecule has 164 valence electrons. The van der Waals surface area contributed by atoms with Gasteiger partial charge in [0.25, 0.3) is 0 Å². The molecule has 7 heteroatoms. The van der Waals surface area contributed by atoms with E-state index in [0.29, 0.717) is 22.6 Å². The Balaban J connectivity index is 1.60. The summed E-state index contributed by atoms with van der Waals surface area (Å²) < 4.78 is 1.51. The first-order valence-electron chi connectivity index (χ1n) is 10.9. The van der Waals surface area contributed by atoms with E-state index < -0.39 is 0 Å². The summed E-state index contributed by atoms with van der Waals surface area (Å²) in [5, 5.41) is 42.3. The van der Waals surface area contributed by atoms with Crippen molar-refractivity contribution in [3.63, 3.8) is 0 Å². The minimum absolute atomic E-state index is 0.0321. The van der Waals surface area contributed by atoms with Crippen LogP contribution in [-0.4, -0.2) is 43.2 Å². The Kier molecular flexibility index (Phi) is 6.13. The number of phenolic OH excluding ortho intramolecular Hbond substituents is 2. The average Bonchev–Trinajstić information content (AvgIpc) is 3.14. The first-order chi connectivity index (χ1) is 14.9. The van der Waals surface area contributed by atoms with Crippen LogP contribution in [0.1, 0.15) is 50.2 Å². The van der Waals surface area contributed by atoms with Gasteiger partial charge in [-0.2, -0.15) is 0 Å². The van der Waals surface area contributed by atoms with Crippen LogP contribution in [0.25, 0.3) is 17.1 Å². The van der Waals surface area contributed by atoms with Crippen molar-refractivity contribution in [1.29, 1.82) is 0 Å². The van der Waals surface area contributed by atoms with E-state index in [1.54, 1.807) is 6.07 Å². The molecular weight excluding hydrogens is 392 g/mol. The standard InChI is InChI=1S/C24H30N4O3/c1-15(2)19-13-20(22(30)14-21(19)29)23-26-27-24(31)28(23)18-7-5-16(6-8-18)3-4-17-9-11-25-12-10-17/h5-8,13-15,17,25,29-30H,3-4,9-12H2,1-2H3,(H,27,31). The predicted octanol–water partition coefficient (Wildman–Crippen LogP) is 4.11. The van der Waals surface area contributed by atoms with Gasteiger partial charge in [0.05, 0.1) is 11.3 Å². The third-order valence-electron chi connectivity index (χ3n) is 6.15. The van der Waals surface area contributed by atoms with Crippen molar-refractivity contribution in [2.75, 3.05) is 13.1 Å². The summed E-state index contributed by atoms with van der Waals surface area (Å²) in [5.41, 5.74) is 3.06. The second-order valence-corrected chi connectivity index (χ2v) is 8.64. The maximum absolute atomic E-state index is 10.4. The Morgan fingerprint density at radius 1 is 1.00 bits per heavy atom. The van der Waals surface area contributed by atoms with Gasteiger partial charge >= 0.3 is 6.01 Å². The molecule has 0 unspecified atom stereocenters. The number of hydrogen-bond donors (Lipinski definition) is 4. The molecule has 2 aromatic carbocycles. The zero-order valence-electron chi connectivity index (χ0n) is 18.0. The van der Waals surface area contributed by atoms with Gasteiger partial charge in [0.1, 0.15) is 11.5 Å². The van der Waals surface area contributed by atoms with Gasteiger partial charge in [-0.1, -0.05) is 31.1 Å². The zero-order valence-corrected chi connectivity index (χ0v) is 18.0. The molecule has 7 nitrogen and oxygen atoms in total. The van der Waals surface area contributed by atoms with E-state index in [1.165, 1.54) is 35.5 Å². The Bertz CT molecular complexity index is 1040. The SMILES string of the molecule is CC(C)c1cc(-c2nnc(O)n2-c2ccc(CCC3CCNCC3)cc2)c(O)cc1O. The summed E-state index contributed by atoms with van der Waals surface area (Å²) in [6.07, 6.45) is 4.70. The summed E-state index contributed by atoms with van der Waals surface area (Å²) in [6, 6.07) is 10.8. The van der Waals surface area contributed by atoms with Gasteiger partial charge in [0, 0.05) is 6.07 Å². The van der Waals surface area contributed by atoms with E-state index in [2.05, 4.69) is 27.6 Å². The van der Waals surface area contributed by atoms with Gasteiger partial charge in [-0.25, -0.2) is 4.57 Å². The molecule has 2 heterocycles. The molecule has 1 aromatic heterocycles. The average molecular weight is 423 g/mol. The number of aromatic nitrogens is 3. The van der Waals surface area contributed by atoms with Crippen LogP contribution in [0.15, 0.2) is 36.4 Å². The molecule has 1 aliphatic heterocycles. The van der Waals surface area contributed by atoms with Gasteiger partial charge in [0.15, 0.2) is 5.82 Å². The molecule has 0 spiro atoms. The molecule has 0 saturated carbocycles. The molecule has 4 N–H and O–H groups in total. The van der Waals surface area contributed by atoms with Crippen molar-refractivity contribution >= 4 is 0 Å². The maximum Gasteiger partial charge on any atom is 0.319 e. The molecule has 0 bridgehead atoms. The Hall–Kier alpha value is -3.06. The summed E-state index contributed by atoms with van der Waals surface area (Å²) in [7, 11) is 0. The molecule has 1 aliphatic rings. The third kappa shape index (κ3) is 4.51. The zero-order chi connectivity index (χ0) is 22.0. The van der Waals surface area contributed by atoms with E-state index in [9.17, 15) is 15.3 Å². The van der Waals surface area contributed by atoms with E-state index in [0.717, 1.165) is 25.4 Å². The van der Waals surface area contributed by atoms with Crippen molar-refractivity contribution < 1.29 is 15.3 Å².